The molecule has 5 nitrogen and oxygen atoms in total. The summed E-state index contributed by atoms with van der Waals surface area (Å²) in [5.41, 5.74) is -0.679. The zero-order valence-electron chi connectivity index (χ0n) is 9.14. The van der Waals surface area contributed by atoms with E-state index in [-0.39, 0.29) is 17.8 Å². The van der Waals surface area contributed by atoms with Gasteiger partial charge in [0, 0.05) is 17.0 Å². The molecule has 0 fully saturated rings. The highest BCUT2D eigenvalue weighted by atomic mass is 32.1. The van der Waals surface area contributed by atoms with Gasteiger partial charge in [0.1, 0.15) is 5.39 Å². The molecule has 92 valence electrons. The Morgan fingerprint density at radius 2 is 2.24 bits per heavy atom. The summed E-state index contributed by atoms with van der Waals surface area (Å²) in [5, 5.41) is 0.355. The zero-order chi connectivity index (χ0) is 12.6. The molecular weight excluding hydrogens is 260 g/mol. The molecule has 2 rings (SSSR count). The molecule has 1 atom stereocenters. The van der Waals surface area contributed by atoms with Gasteiger partial charge >= 0.3 is 5.69 Å². The Morgan fingerprint density at radius 3 is 2.88 bits per heavy atom. The van der Waals surface area contributed by atoms with Crippen molar-refractivity contribution in [3.05, 3.63) is 33.2 Å². The molecule has 0 aliphatic carbocycles. The second-order valence-electron chi connectivity index (χ2n) is 4.14. The molecule has 0 aliphatic rings. The van der Waals surface area contributed by atoms with E-state index in [1.165, 1.54) is 12.3 Å². The minimum atomic E-state index is -0.530. The van der Waals surface area contributed by atoms with Gasteiger partial charge in [0.25, 0.3) is 5.56 Å². The molecule has 0 saturated heterocycles. The summed E-state index contributed by atoms with van der Waals surface area (Å²) in [6.45, 7) is 2.00. The van der Waals surface area contributed by atoms with Crippen molar-refractivity contribution < 1.29 is 4.42 Å². The van der Waals surface area contributed by atoms with E-state index in [4.69, 9.17) is 4.42 Å². The Labute approximate surface area is 108 Å². The third-order valence-electron chi connectivity index (χ3n) is 2.45. The average Bonchev–Trinajstić information content (AvgIpc) is 2.72. The van der Waals surface area contributed by atoms with Crippen LogP contribution in [0.4, 0.5) is 0 Å². The number of aromatic amines is 1. The monoisotopic (exact) mass is 272 g/mol. The number of H-pyrrole nitrogens is 1. The van der Waals surface area contributed by atoms with Gasteiger partial charge in [-0.05, 0) is 13.0 Å². The fourth-order valence-electron chi connectivity index (χ4n) is 1.51. The summed E-state index contributed by atoms with van der Waals surface area (Å²) >= 11 is 8.50. The van der Waals surface area contributed by atoms with Crippen LogP contribution in [0.15, 0.2) is 26.3 Å². The lowest BCUT2D eigenvalue weighted by molar-refractivity contribution is 0.535. The van der Waals surface area contributed by atoms with Crippen LogP contribution in [0.25, 0.3) is 11.1 Å². The van der Waals surface area contributed by atoms with Crippen LogP contribution in [0, 0.1) is 0 Å². The second kappa shape index (κ2) is 4.30. The Hall–Kier alpha value is -1.08. The summed E-state index contributed by atoms with van der Waals surface area (Å²) in [4.78, 5) is 26.3. The van der Waals surface area contributed by atoms with Crippen molar-refractivity contribution in [2.24, 2.45) is 0 Å². The van der Waals surface area contributed by atoms with Crippen molar-refractivity contribution in [3.8, 4) is 0 Å². The van der Waals surface area contributed by atoms with Gasteiger partial charge in [-0.1, -0.05) is 0 Å². The van der Waals surface area contributed by atoms with Gasteiger partial charge < -0.3 is 4.42 Å². The van der Waals surface area contributed by atoms with E-state index < -0.39 is 10.4 Å². The molecule has 0 bridgehead atoms. The number of hydrogen-bond donors (Lipinski definition) is 3. The molecule has 7 heteroatoms. The first-order valence-corrected chi connectivity index (χ1v) is 6.06. The van der Waals surface area contributed by atoms with Crippen LogP contribution in [0.3, 0.4) is 0 Å². The number of nitrogens with one attached hydrogen (secondary N) is 1. The molecule has 1 N–H and O–H groups in total. The van der Waals surface area contributed by atoms with Crippen LogP contribution in [0.5, 0.6) is 0 Å². The highest BCUT2D eigenvalue weighted by molar-refractivity contribution is 7.85. The van der Waals surface area contributed by atoms with E-state index in [0.29, 0.717) is 11.1 Å². The van der Waals surface area contributed by atoms with Crippen LogP contribution < -0.4 is 11.2 Å². The van der Waals surface area contributed by atoms with Gasteiger partial charge in [0.05, 0.1) is 6.26 Å². The lowest BCUT2D eigenvalue weighted by atomic mass is 10.2. The van der Waals surface area contributed by atoms with E-state index in [1.807, 2.05) is 6.92 Å². The molecule has 2 aromatic heterocycles. The van der Waals surface area contributed by atoms with Crippen molar-refractivity contribution in [1.82, 2.24) is 9.55 Å². The van der Waals surface area contributed by atoms with Crippen molar-refractivity contribution >= 4 is 36.4 Å². The SMILES string of the molecule is CC(S)(CS)Cn1c(=O)[nH]c2occc2c1=O. The smallest absolute Gasteiger partial charge is 0.331 e. The Kier molecular flexibility index (Phi) is 3.13. The van der Waals surface area contributed by atoms with Gasteiger partial charge in [-0.15, -0.1) is 0 Å². The third-order valence-corrected chi connectivity index (χ3v) is 3.69. The standard InChI is InChI=1S/C10H12N2O3S2/c1-10(17,5-16)4-12-8(13)6-2-3-15-7(6)11-9(12)14/h2-3,16-17H,4-5H2,1H3,(H,11,14). The van der Waals surface area contributed by atoms with Crippen LogP contribution in [-0.2, 0) is 6.54 Å². The van der Waals surface area contributed by atoms with Crippen LogP contribution in [-0.4, -0.2) is 20.1 Å². The molecule has 0 aromatic carbocycles. The first-order valence-electron chi connectivity index (χ1n) is 4.98. The van der Waals surface area contributed by atoms with E-state index in [0.717, 1.165) is 4.57 Å². The topological polar surface area (TPSA) is 68.0 Å². The molecule has 0 aliphatic heterocycles. The van der Waals surface area contributed by atoms with Crippen LogP contribution >= 0.6 is 25.3 Å². The van der Waals surface area contributed by atoms with Crippen molar-refractivity contribution in [2.75, 3.05) is 5.75 Å². The molecule has 17 heavy (non-hydrogen) atoms. The largest absolute Gasteiger partial charge is 0.448 e. The lowest BCUT2D eigenvalue weighted by Gasteiger charge is -2.21. The minimum Gasteiger partial charge on any atom is -0.448 e. The van der Waals surface area contributed by atoms with Crippen LogP contribution in [0.2, 0.25) is 0 Å². The van der Waals surface area contributed by atoms with Gasteiger partial charge in [-0.3, -0.25) is 14.3 Å². The number of hydrogen-bond acceptors (Lipinski definition) is 5. The molecule has 0 radical (unpaired) electrons. The third kappa shape index (κ3) is 2.30. The normalized spacial score (nSPS) is 15.0. The van der Waals surface area contributed by atoms with Gasteiger partial charge in [0.2, 0.25) is 5.71 Å². The Morgan fingerprint density at radius 1 is 1.53 bits per heavy atom. The van der Waals surface area contributed by atoms with Crippen molar-refractivity contribution in [1.29, 1.82) is 0 Å². The maximum absolute atomic E-state index is 12.0. The number of furan rings is 1. The summed E-state index contributed by atoms with van der Waals surface area (Å²) < 4.78 is 5.57. The summed E-state index contributed by atoms with van der Waals surface area (Å²) in [5.74, 6) is 0.450. The predicted molar refractivity (Wildman–Crippen MR) is 72.3 cm³/mol. The maximum atomic E-state index is 12.0. The first kappa shape index (κ1) is 12.4. The number of thiol groups is 2. The van der Waals surface area contributed by atoms with E-state index in [9.17, 15) is 9.59 Å². The fraction of sp³-hybridized carbons (Fsp3) is 0.400. The average molecular weight is 272 g/mol. The molecular formula is C10H12N2O3S2. The number of nitrogens with zero attached hydrogens (tertiary/aromatic N) is 1. The fourth-order valence-corrected chi connectivity index (χ4v) is 1.75. The first-order chi connectivity index (χ1) is 7.94. The molecule has 0 saturated carbocycles. The lowest BCUT2D eigenvalue weighted by Crippen LogP contribution is -2.41. The van der Waals surface area contributed by atoms with Gasteiger partial charge in [0.15, 0.2) is 0 Å². The van der Waals surface area contributed by atoms with E-state index in [2.05, 4.69) is 30.2 Å². The molecule has 2 heterocycles. The minimum absolute atomic E-state index is 0.189. The van der Waals surface area contributed by atoms with Gasteiger partial charge in [-0.25, -0.2) is 4.79 Å². The number of rotatable bonds is 3. The predicted octanol–water partition coefficient (Wildman–Crippen LogP) is 0.901. The summed E-state index contributed by atoms with van der Waals surface area (Å²) in [6.07, 6.45) is 1.37. The maximum Gasteiger partial charge on any atom is 0.331 e. The van der Waals surface area contributed by atoms with Crippen molar-refractivity contribution in [3.63, 3.8) is 0 Å². The van der Waals surface area contributed by atoms with Crippen LogP contribution in [0.1, 0.15) is 6.92 Å². The quantitative estimate of drug-likeness (QED) is 0.727. The summed E-state index contributed by atoms with van der Waals surface area (Å²) in [7, 11) is 0. The van der Waals surface area contributed by atoms with Gasteiger partial charge in [-0.2, -0.15) is 25.3 Å². The van der Waals surface area contributed by atoms with E-state index in [1.54, 1.807) is 0 Å². The highest BCUT2D eigenvalue weighted by Gasteiger charge is 2.21. The van der Waals surface area contributed by atoms with Crippen molar-refractivity contribution in [2.45, 2.75) is 18.2 Å². The Bertz CT molecular complexity index is 653. The molecule has 1 unspecified atom stereocenters. The highest BCUT2D eigenvalue weighted by Crippen LogP contribution is 2.16. The van der Waals surface area contributed by atoms with E-state index >= 15 is 0 Å². The Balaban J connectivity index is 2.62. The summed E-state index contributed by atoms with van der Waals surface area (Å²) in [6, 6.07) is 1.53. The number of aromatic nitrogens is 2. The zero-order valence-corrected chi connectivity index (χ0v) is 10.9. The molecule has 0 amide bonds. The number of fused-ring (bicyclic) bond motifs is 1. The molecule has 2 aromatic rings. The molecule has 0 spiro atoms. The second-order valence-corrected chi connectivity index (χ2v) is 5.54.